The van der Waals surface area contributed by atoms with Crippen LogP contribution in [-0.2, 0) is 0 Å². The minimum atomic E-state index is 0.906. The van der Waals surface area contributed by atoms with Gasteiger partial charge in [0.05, 0.1) is 33.4 Å². The Labute approximate surface area is 255 Å². The van der Waals surface area contributed by atoms with E-state index < -0.39 is 0 Å². The van der Waals surface area contributed by atoms with Crippen LogP contribution in [0.15, 0.2) is 84.2 Å². The predicted octanol–water partition coefficient (Wildman–Crippen LogP) is 8.43. The van der Waals surface area contributed by atoms with E-state index in [1.54, 1.807) is 22.7 Å². The average molecular weight is 597 g/mol. The van der Waals surface area contributed by atoms with Gasteiger partial charge in [0.15, 0.2) is 0 Å². The van der Waals surface area contributed by atoms with Crippen molar-refractivity contribution in [3.63, 3.8) is 0 Å². The van der Waals surface area contributed by atoms with Crippen LogP contribution in [0.5, 0.6) is 0 Å². The molecule has 1 aliphatic rings. The highest BCUT2D eigenvalue weighted by molar-refractivity contribution is 7.20. The zero-order valence-electron chi connectivity index (χ0n) is 24.1. The van der Waals surface area contributed by atoms with Crippen LogP contribution in [0, 0.1) is 13.8 Å². The van der Waals surface area contributed by atoms with Gasteiger partial charge in [-0.25, -0.2) is 4.98 Å². The first-order valence-electron chi connectivity index (χ1n) is 14.1. The smallest absolute Gasteiger partial charge is 0.204 e. The molecular formula is C32H36N8S2. The molecule has 3 heterocycles. The van der Waals surface area contributed by atoms with E-state index in [-0.39, 0.29) is 0 Å². The number of benzene rings is 3. The van der Waals surface area contributed by atoms with Gasteiger partial charge < -0.3 is 21.2 Å². The lowest BCUT2D eigenvalue weighted by Gasteiger charge is -2.21. The van der Waals surface area contributed by atoms with Gasteiger partial charge in [-0.15, -0.1) is 11.3 Å². The van der Waals surface area contributed by atoms with Gasteiger partial charge in [-0.05, 0) is 86.3 Å². The van der Waals surface area contributed by atoms with Crippen molar-refractivity contribution in [3.05, 3.63) is 95.4 Å². The molecule has 0 unspecified atom stereocenters. The van der Waals surface area contributed by atoms with E-state index in [0.717, 1.165) is 68.4 Å². The van der Waals surface area contributed by atoms with Gasteiger partial charge in [-0.1, -0.05) is 41.7 Å². The van der Waals surface area contributed by atoms with Gasteiger partial charge in [0.25, 0.3) is 0 Å². The highest BCUT2D eigenvalue weighted by Crippen LogP contribution is 2.33. The fourth-order valence-electron chi connectivity index (χ4n) is 4.91. The third-order valence-corrected chi connectivity index (χ3v) is 9.25. The molecule has 42 heavy (non-hydrogen) atoms. The highest BCUT2D eigenvalue weighted by Gasteiger charge is 2.14. The van der Waals surface area contributed by atoms with E-state index in [9.17, 15) is 0 Å². The summed E-state index contributed by atoms with van der Waals surface area (Å²) < 4.78 is 0. The minimum Gasteiger partial charge on any atom is -0.363 e. The SMILES string of the molecule is Cc1cc(NNc2ccc(N3CCCC3)s2)ccc1NNc1ccc(NN(C)c2nc(-c3ccccc3)cs2)c(C)c1. The van der Waals surface area contributed by atoms with Crippen molar-refractivity contribution in [2.75, 3.05) is 57.2 Å². The van der Waals surface area contributed by atoms with Crippen LogP contribution < -0.4 is 37.0 Å². The average Bonchev–Trinajstić information content (AvgIpc) is 3.79. The van der Waals surface area contributed by atoms with Crippen molar-refractivity contribution in [2.45, 2.75) is 26.7 Å². The minimum absolute atomic E-state index is 0.906. The molecule has 0 saturated carbocycles. The maximum atomic E-state index is 4.79. The fraction of sp³-hybridized carbons (Fsp3) is 0.219. The Hall–Kier alpha value is -4.41. The molecule has 8 nitrogen and oxygen atoms in total. The maximum Gasteiger partial charge on any atom is 0.204 e. The summed E-state index contributed by atoms with van der Waals surface area (Å²) in [7, 11) is 1.99. The van der Waals surface area contributed by atoms with Crippen LogP contribution in [0.3, 0.4) is 0 Å². The number of aryl methyl sites for hydroxylation is 2. The van der Waals surface area contributed by atoms with Crippen LogP contribution >= 0.6 is 22.7 Å². The Morgan fingerprint density at radius 1 is 0.762 bits per heavy atom. The predicted molar refractivity (Wildman–Crippen MR) is 182 cm³/mol. The second kappa shape index (κ2) is 12.6. The summed E-state index contributed by atoms with van der Waals surface area (Å²) in [6.45, 7) is 6.52. The van der Waals surface area contributed by atoms with Crippen LogP contribution in [0.1, 0.15) is 24.0 Å². The van der Waals surface area contributed by atoms with Crippen molar-refractivity contribution in [1.82, 2.24) is 4.98 Å². The normalized spacial score (nSPS) is 12.7. The highest BCUT2D eigenvalue weighted by atomic mass is 32.1. The molecule has 1 fully saturated rings. The third-order valence-electron chi connectivity index (χ3n) is 7.27. The summed E-state index contributed by atoms with van der Waals surface area (Å²) in [6, 6.07) is 27.1. The summed E-state index contributed by atoms with van der Waals surface area (Å²) in [5, 5.41) is 7.40. The summed E-state index contributed by atoms with van der Waals surface area (Å²) >= 11 is 3.40. The van der Waals surface area contributed by atoms with Crippen molar-refractivity contribution in [3.8, 4) is 11.3 Å². The lowest BCUT2D eigenvalue weighted by Crippen LogP contribution is -2.25. The Balaban J connectivity index is 1.01. The number of aromatic nitrogens is 1. The lowest BCUT2D eigenvalue weighted by atomic mass is 10.2. The molecule has 0 aliphatic carbocycles. The Bertz CT molecular complexity index is 1620. The molecule has 10 heteroatoms. The first kappa shape index (κ1) is 27.7. The fourth-order valence-corrected chi connectivity index (χ4v) is 6.58. The van der Waals surface area contributed by atoms with Gasteiger partial charge in [0.1, 0.15) is 5.00 Å². The second-order valence-corrected chi connectivity index (χ2v) is 12.3. The van der Waals surface area contributed by atoms with Gasteiger partial charge in [0, 0.05) is 31.1 Å². The van der Waals surface area contributed by atoms with Gasteiger partial charge in [-0.3, -0.25) is 15.9 Å². The van der Waals surface area contributed by atoms with Gasteiger partial charge in [-0.2, -0.15) is 0 Å². The zero-order valence-corrected chi connectivity index (χ0v) is 25.7. The number of thiophene rings is 1. The third kappa shape index (κ3) is 6.56. The molecule has 0 atom stereocenters. The van der Waals surface area contributed by atoms with Crippen molar-refractivity contribution < 1.29 is 0 Å². The van der Waals surface area contributed by atoms with Crippen LogP contribution in [0.2, 0.25) is 0 Å². The van der Waals surface area contributed by atoms with Crippen LogP contribution in [-0.4, -0.2) is 25.1 Å². The number of rotatable bonds is 11. The molecule has 0 spiro atoms. The van der Waals surface area contributed by atoms with E-state index in [1.807, 2.05) is 30.3 Å². The zero-order chi connectivity index (χ0) is 28.9. The van der Waals surface area contributed by atoms with E-state index in [4.69, 9.17) is 4.98 Å². The largest absolute Gasteiger partial charge is 0.363 e. The quantitative estimate of drug-likeness (QED) is 0.0973. The first-order chi connectivity index (χ1) is 20.5. The van der Waals surface area contributed by atoms with E-state index in [1.165, 1.54) is 17.8 Å². The van der Waals surface area contributed by atoms with Gasteiger partial charge in [0.2, 0.25) is 5.13 Å². The molecule has 216 valence electrons. The maximum absolute atomic E-state index is 4.79. The number of anilines is 7. The number of nitrogens with one attached hydrogen (secondary N) is 5. The molecule has 2 aromatic heterocycles. The lowest BCUT2D eigenvalue weighted by molar-refractivity contribution is 0.949. The second-order valence-electron chi connectivity index (χ2n) is 10.4. The summed E-state index contributed by atoms with van der Waals surface area (Å²) in [6.07, 6.45) is 2.58. The molecule has 5 N–H and O–H groups in total. The van der Waals surface area contributed by atoms with E-state index >= 15 is 0 Å². The Kier molecular flexibility index (Phi) is 8.34. The number of hydrogen-bond acceptors (Lipinski definition) is 10. The van der Waals surface area contributed by atoms with E-state index in [0.29, 0.717) is 0 Å². The molecule has 3 aromatic carbocycles. The Morgan fingerprint density at radius 2 is 1.45 bits per heavy atom. The summed E-state index contributed by atoms with van der Waals surface area (Å²) in [4.78, 5) is 7.25. The molecule has 0 bridgehead atoms. The number of thiazole rings is 1. The number of nitrogens with zero attached hydrogens (tertiary/aromatic N) is 3. The molecule has 0 amide bonds. The van der Waals surface area contributed by atoms with E-state index in [2.05, 4.69) is 112 Å². The van der Waals surface area contributed by atoms with Crippen LogP contribution in [0.4, 0.5) is 37.9 Å². The van der Waals surface area contributed by atoms with Crippen molar-refractivity contribution >= 4 is 60.6 Å². The molecule has 5 aromatic rings. The van der Waals surface area contributed by atoms with Crippen LogP contribution in [0.25, 0.3) is 11.3 Å². The van der Waals surface area contributed by atoms with Crippen molar-refractivity contribution in [2.24, 2.45) is 0 Å². The topological polar surface area (TPSA) is 79.5 Å². The first-order valence-corrected chi connectivity index (χ1v) is 15.8. The summed E-state index contributed by atoms with van der Waals surface area (Å²) in [5.74, 6) is 0. The molecule has 1 saturated heterocycles. The number of hydrogen-bond donors (Lipinski definition) is 5. The summed E-state index contributed by atoms with van der Waals surface area (Å²) in [5.41, 5.74) is 25.2. The molecular weight excluding hydrogens is 561 g/mol. The standard InChI is InChI=1S/C32H36N8S2/c1-22-19-26(35-37-30-15-16-31(42-30)40-17-7-8-18-40)11-13-27(22)36-34-25-12-14-28(23(2)20-25)38-39(3)32-33-29(21-41-32)24-9-5-4-6-10-24/h4-6,9-16,19-21,34-38H,7-8,17-18H2,1-3H3. The monoisotopic (exact) mass is 596 g/mol. The molecule has 6 rings (SSSR count). The molecule has 1 aliphatic heterocycles. The Morgan fingerprint density at radius 3 is 2.17 bits per heavy atom. The number of hydrazine groups is 3. The molecule has 0 radical (unpaired) electrons. The van der Waals surface area contributed by atoms with Crippen molar-refractivity contribution in [1.29, 1.82) is 0 Å². The van der Waals surface area contributed by atoms with Gasteiger partial charge >= 0.3 is 0 Å².